The van der Waals surface area contributed by atoms with Gasteiger partial charge in [0.2, 0.25) is 0 Å². The molecule has 0 aliphatic carbocycles. The standard InChI is InChI=1S/C15H18N4O2/c16-13-4-1-5-17-14(13)15(20)19-8-6-18(7-9-19)11-12-3-2-10-21-12/h1-5,10H,6-9,11,16H2. The second-order valence-corrected chi connectivity index (χ2v) is 5.09. The van der Waals surface area contributed by atoms with Gasteiger partial charge in [0.05, 0.1) is 18.5 Å². The van der Waals surface area contributed by atoms with E-state index >= 15 is 0 Å². The molecule has 0 unspecified atom stereocenters. The van der Waals surface area contributed by atoms with Gasteiger partial charge in [-0.25, -0.2) is 4.98 Å². The molecule has 0 aromatic carbocycles. The maximum absolute atomic E-state index is 12.4. The highest BCUT2D eigenvalue weighted by Gasteiger charge is 2.24. The molecule has 1 fully saturated rings. The van der Waals surface area contributed by atoms with Gasteiger partial charge in [-0.05, 0) is 24.3 Å². The second kappa shape index (κ2) is 5.97. The lowest BCUT2D eigenvalue weighted by Crippen LogP contribution is -2.48. The molecular weight excluding hydrogens is 268 g/mol. The Balaban J connectivity index is 1.58. The molecule has 0 saturated carbocycles. The smallest absolute Gasteiger partial charge is 0.274 e. The minimum absolute atomic E-state index is 0.0919. The van der Waals surface area contributed by atoms with Crippen LogP contribution in [0.1, 0.15) is 16.2 Å². The SMILES string of the molecule is Nc1cccnc1C(=O)N1CCN(Cc2ccco2)CC1. The fraction of sp³-hybridized carbons (Fsp3) is 0.333. The summed E-state index contributed by atoms with van der Waals surface area (Å²) in [6, 6.07) is 7.28. The Labute approximate surface area is 123 Å². The topological polar surface area (TPSA) is 75.6 Å². The number of carbonyl (C=O) groups is 1. The zero-order valence-electron chi connectivity index (χ0n) is 11.7. The number of nitrogens with two attached hydrogens (primary N) is 1. The van der Waals surface area contributed by atoms with Crippen molar-refractivity contribution in [1.82, 2.24) is 14.8 Å². The van der Waals surface area contributed by atoms with E-state index < -0.39 is 0 Å². The fourth-order valence-corrected chi connectivity index (χ4v) is 2.48. The third-order valence-electron chi connectivity index (χ3n) is 3.66. The zero-order chi connectivity index (χ0) is 14.7. The van der Waals surface area contributed by atoms with E-state index in [4.69, 9.17) is 10.2 Å². The number of nitrogen functional groups attached to an aromatic ring is 1. The molecule has 110 valence electrons. The third kappa shape index (κ3) is 3.05. The Hall–Kier alpha value is -2.34. The van der Waals surface area contributed by atoms with Crippen molar-refractivity contribution in [3.8, 4) is 0 Å². The number of rotatable bonds is 3. The molecule has 1 saturated heterocycles. The molecule has 2 aromatic rings. The molecule has 2 N–H and O–H groups in total. The maximum atomic E-state index is 12.4. The van der Waals surface area contributed by atoms with Crippen molar-refractivity contribution in [2.45, 2.75) is 6.54 Å². The predicted molar refractivity (Wildman–Crippen MR) is 78.5 cm³/mol. The van der Waals surface area contributed by atoms with Crippen LogP contribution in [-0.4, -0.2) is 46.9 Å². The van der Waals surface area contributed by atoms with Crippen molar-refractivity contribution in [3.63, 3.8) is 0 Å². The molecule has 1 aliphatic rings. The lowest BCUT2D eigenvalue weighted by atomic mass is 10.2. The zero-order valence-corrected chi connectivity index (χ0v) is 11.7. The number of hydrogen-bond donors (Lipinski definition) is 1. The summed E-state index contributed by atoms with van der Waals surface area (Å²) in [6.45, 7) is 3.77. The number of nitrogens with zero attached hydrogens (tertiary/aromatic N) is 3. The first-order valence-electron chi connectivity index (χ1n) is 6.98. The lowest BCUT2D eigenvalue weighted by Gasteiger charge is -2.34. The van der Waals surface area contributed by atoms with Gasteiger partial charge in [-0.15, -0.1) is 0 Å². The van der Waals surface area contributed by atoms with E-state index in [0.717, 1.165) is 25.4 Å². The van der Waals surface area contributed by atoms with Gasteiger partial charge < -0.3 is 15.1 Å². The average molecular weight is 286 g/mol. The van der Waals surface area contributed by atoms with Crippen molar-refractivity contribution in [3.05, 3.63) is 48.2 Å². The molecule has 2 aromatic heterocycles. The van der Waals surface area contributed by atoms with Crippen LogP contribution in [0, 0.1) is 0 Å². The largest absolute Gasteiger partial charge is 0.468 e. The van der Waals surface area contributed by atoms with Gasteiger partial charge in [0.1, 0.15) is 5.76 Å². The summed E-state index contributed by atoms with van der Waals surface area (Å²) in [4.78, 5) is 20.6. The Morgan fingerprint density at radius 2 is 2.05 bits per heavy atom. The van der Waals surface area contributed by atoms with E-state index in [1.807, 2.05) is 12.1 Å². The van der Waals surface area contributed by atoms with Crippen molar-refractivity contribution in [2.24, 2.45) is 0 Å². The van der Waals surface area contributed by atoms with E-state index in [1.165, 1.54) is 0 Å². The molecule has 0 radical (unpaired) electrons. The van der Waals surface area contributed by atoms with E-state index in [9.17, 15) is 4.79 Å². The monoisotopic (exact) mass is 286 g/mol. The third-order valence-corrected chi connectivity index (χ3v) is 3.66. The second-order valence-electron chi connectivity index (χ2n) is 5.09. The molecule has 21 heavy (non-hydrogen) atoms. The summed E-state index contributed by atoms with van der Waals surface area (Å²) < 4.78 is 5.35. The van der Waals surface area contributed by atoms with E-state index in [2.05, 4.69) is 9.88 Å². The van der Waals surface area contributed by atoms with Crippen LogP contribution in [0.5, 0.6) is 0 Å². The number of pyridine rings is 1. The highest BCUT2D eigenvalue weighted by molar-refractivity contribution is 5.97. The van der Waals surface area contributed by atoms with Crippen LogP contribution in [0.15, 0.2) is 41.1 Å². The number of furan rings is 1. The van der Waals surface area contributed by atoms with Gasteiger partial charge >= 0.3 is 0 Å². The van der Waals surface area contributed by atoms with Crippen LogP contribution >= 0.6 is 0 Å². The van der Waals surface area contributed by atoms with Crippen LogP contribution in [0.3, 0.4) is 0 Å². The lowest BCUT2D eigenvalue weighted by molar-refractivity contribution is 0.0616. The molecule has 3 heterocycles. The van der Waals surface area contributed by atoms with Gasteiger partial charge in [-0.1, -0.05) is 0 Å². The van der Waals surface area contributed by atoms with Gasteiger partial charge in [0.15, 0.2) is 5.69 Å². The van der Waals surface area contributed by atoms with Gasteiger partial charge in [0, 0.05) is 32.4 Å². The minimum Gasteiger partial charge on any atom is -0.468 e. The summed E-state index contributed by atoms with van der Waals surface area (Å²) in [7, 11) is 0. The minimum atomic E-state index is -0.0919. The highest BCUT2D eigenvalue weighted by atomic mass is 16.3. The summed E-state index contributed by atoms with van der Waals surface area (Å²) in [5.41, 5.74) is 6.59. The number of anilines is 1. The first kappa shape index (κ1) is 13.6. The molecule has 6 heteroatoms. The molecule has 6 nitrogen and oxygen atoms in total. The summed E-state index contributed by atoms with van der Waals surface area (Å²) >= 11 is 0. The van der Waals surface area contributed by atoms with Crippen LogP contribution in [0.25, 0.3) is 0 Å². The number of amides is 1. The first-order valence-corrected chi connectivity index (χ1v) is 6.98. The van der Waals surface area contributed by atoms with Crippen molar-refractivity contribution in [2.75, 3.05) is 31.9 Å². The van der Waals surface area contributed by atoms with Crippen LogP contribution in [0.2, 0.25) is 0 Å². The first-order chi connectivity index (χ1) is 10.2. The summed E-state index contributed by atoms with van der Waals surface area (Å²) in [5.74, 6) is 0.856. The summed E-state index contributed by atoms with van der Waals surface area (Å²) in [5, 5.41) is 0. The molecule has 0 atom stereocenters. The van der Waals surface area contributed by atoms with E-state index in [-0.39, 0.29) is 5.91 Å². The Morgan fingerprint density at radius 1 is 1.24 bits per heavy atom. The van der Waals surface area contributed by atoms with E-state index in [0.29, 0.717) is 24.5 Å². The van der Waals surface area contributed by atoms with Crippen LogP contribution in [0.4, 0.5) is 5.69 Å². The predicted octanol–water partition coefficient (Wildman–Crippen LogP) is 1.21. The average Bonchev–Trinajstić information content (AvgIpc) is 3.01. The van der Waals surface area contributed by atoms with Crippen molar-refractivity contribution in [1.29, 1.82) is 0 Å². The fourth-order valence-electron chi connectivity index (χ4n) is 2.48. The molecule has 0 spiro atoms. The highest BCUT2D eigenvalue weighted by Crippen LogP contribution is 2.14. The van der Waals surface area contributed by atoms with Crippen LogP contribution in [-0.2, 0) is 6.54 Å². The summed E-state index contributed by atoms with van der Waals surface area (Å²) in [6.07, 6.45) is 3.27. The van der Waals surface area contributed by atoms with Gasteiger partial charge in [0.25, 0.3) is 5.91 Å². The quantitative estimate of drug-likeness (QED) is 0.918. The number of hydrogen-bond acceptors (Lipinski definition) is 5. The van der Waals surface area contributed by atoms with Crippen molar-refractivity contribution >= 4 is 11.6 Å². The Morgan fingerprint density at radius 3 is 2.71 bits per heavy atom. The van der Waals surface area contributed by atoms with Crippen LogP contribution < -0.4 is 5.73 Å². The Kier molecular flexibility index (Phi) is 3.87. The normalized spacial score (nSPS) is 16.1. The number of aromatic nitrogens is 1. The van der Waals surface area contributed by atoms with Crippen molar-refractivity contribution < 1.29 is 9.21 Å². The molecule has 1 aliphatic heterocycles. The Bertz CT molecular complexity index is 604. The van der Waals surface area contributed by atoms with E-state index in [1.54, 1.807) is 29.5 Å². The molecular formula is C15H18N4O2. The number of carbonyl (C=O) groups excluding carboxylic acids is 1. The molecule has 0 bridgehead atoms. The maximum Gasteiger partial charge on any atom is 0.274 e. The van der Waals surface area contributed by atoms with Gasteiger partial charge in [-0.2, -0.15) is 0 Å². The molecule has 1 amide bonds. The van der Waals surface area contributed by atoms with Gasteiger partial charge in [-0.3, -0.25) is 9.69 Å². The number of piperazine rings is 1. The molecule has 3 rings (SSSR count).